The molecule has 0 spiro atoms. The predicted molar refractivity (Wildman–Crippen MR) is 107 cm³/mol. The zero-order chi connectivity index (χ0) is 20.7. The monoisotopic (exact) mass is 389 g/mol. The Balaban J connectivity index is 2.12. The molecular weight excluding hydrogens is 358 g/mol. The second-order valence-electron chi connectivity index (χ2n) is 7.31. The molecule has 0 unspecified atom stereocenters. The van der Waals surface area contributed by atoms with Gasteiger partial charge in [-0.25, -0.2) is 0 Å². The first-order valence-electron chi connectivity index (χ1n) is 9.73. The lowest BCUT2D eigenvalue weighted by molar-refractivity contribution is -0.134. The number of ether oxygens (including phenoxy) is 2. The number of amides is 1. The van der Waals surface area contributed by atoms with Crippen molar-refractivity contribution in [3.63, 3.8) is 0 Å². The summed E-state index contributed by atoms with van der Waals surface area (Å²) in [6.07, 6.45) is 1.97. The van der Waals surface area contributed by atoms with Gasteiger partial charge in [-0.05, 0) is 31.4 Å². The molecule has 0 bridgehead atoms. The lowest BCUT2D eigenvalue weighted by Gasteiger charge is -2.29. The fourth-order valence-corrected chi connectivity index (χ4v) is 2.90. The van der Waals surface area contributed by atoms with Gasteiger partial charge in [0.2, 0.25) is 17.6 Å². The van der Waals surface area contributed by atoms with Crippen LogP contribution in [0.15, 0.2) is 22.7 Å². The molecule has 1 heterocycles. The molecule has 0 aliphatic rings. The lowest BCUT2D eigenvalue weighted by atomic mass is 10.1. The van der Waals surface area contributed by atoms with Crippen LogP contribution in [-0.4, -0.2) is 47.8 Å². The molecule has 0 aliphatic heterocycles. The van der Waals surface area contributed by atoms with Gasteiger partial charge in [-0.1, -0.05) is 25.9 Å². The molecule has 1 amide bonds. The van der Waals surface area contributed by atoms with E-state index in [0.717, 1.165) is 12.0 Å². The van der Waals surface area contributed by atoms with Crippen molar-refractivity contribution in [3.05, 3.63) is 24.1 Å². The van der Waals surface area contributed by atoms with E-state index in [0.29, 0.717) is 48.5 Å². The van der Waals surface area contributed by atoms with Crippen LogP contribution >= 0.6 is 0 Å². The zero-order valence-electron chi connectivity index (χ0n) is 17.7. The van der Waals surface area contributed by atoms with E-state index in [1.165, 1.54) is 0 Å². The minimum Gasteiger partial charge on any atom is -0.497 e. The summed E-state index contributed by atoms with van der Waals surface area (Å²) in [4.78, 5) is 19.0. The quantitative estimate of drug-likeness (QED) is 0.612. The molecule has 1 atom stereocenters. The van der Waals surface area contributed by atoms with E-state index in [9.17, 15) is 4.79 Å². The van der Waals surface area contributed by atoms with Crippen molar-refractivity contribution in [3.8, 4) is 22.9 Å². The Kier molecular flexibility index (Phi) is 7.84. The first-order valence-corrected chi connectivity index (χ1v) is 9.73. The minimum atomic E-state index is 0.168. The molecule has 1 aromatic carbocycles. The van der Waals surface area contributed by atoms with Gasteiger partial charge in [0.25, 0.3) is 0 Å². The average molecular weight is 389 g/mol. The van der Waals surface area contributed by atoms with E-state index in [1.54, 1.807) is 20.3 Å². The second kappa shape index (κ2) is 10.1. The highest BCUT2D eigenvalue weighted by Gasteiger charge is 2.21. The first kappa shape index (κ1) is 21.7. The molecule has 7 nitrogen and oxygen atoms in total. The number of carbonyl (C=O) groups is 1. The van der Waals surface area contributed by atoms with E-state index >= 15 is 0 Å². The largest absolute Gasteiger partial charge is 0.497 e. The van der Waals surface area contributed by atoms with E-state index in [-0.39, 0.29) is 11.9 Å². The van der Waals surface area contributed by atoms with Gasteiger partial charge in [-0.15, -0.1) is 0 Å². The summed E-state index contributed by atoms with van der Waals surface area (Å²) in [6.45, 7) is 8.82. The van der Waals surface area contributed by atoms with Crippen LogP contribution in [-0.2, 0) is 11.2 Å². The van der Waals surface area contributed by atoms with E-state index < -0.39 is 0 Å². The molecule has 7 heteroatoms. The van der Waals surface area contributed by atoms with Gasteiger partial charge < -0.3 is 18.9 Å². The Morgan fingerprint density at radius 2 is 1.79 bits per heavy atom. The van der Waals surface area contributed by atoms with Crippen LogP contribution in [0.1, 0.15) is 46.4 Å². The summed E-state index contributed by atoms with van der Waals surface area (Å²) < 4.78 is 16.0. The third-order valence-electron chi connectivity index (χ3n) is 4.67. The van der Waals surface area contributed by atoms with Gasteiger partial charge in [0, 0.05) is 37.1 Å². The number of methoxy groups -OCH3 is 2. The molecule has 0 N–H and O–H groups in total. The smallest absolute Gasteiger partial charge is 0.228 e. The molecule has 154 valence electrons. The number of hydrogen-bond donors (Lipinski definition) is 0. The van der Waals surface area contributed by atoms with Gasteiger partial charge >= 0.3 is 0 Å². The molecule has 0 saturated carbocycles. The Morgan fingerprint density at radius 1 is 1.14 bits per heavy atom. The van der Waals surface area contributed by atoms with Crippen molar-refractivity contribution < 1.29 is 18.8 Å². The number of aromatic nitrogens is 2. The van der Waals surface area contributed by atoms with Crippen LogP contribution in [0.4, 0.5) is 0 Å². The van der Waals surface area contributed by atoms with E-state index in [2.05, 4.69) is 37.8 Å². The summed E-state index contributed by atoms with van der Waals surface area (Å²) in [5.41, 5.74) is 0.751. The summed E-state index contributed by atoms with van der Waals surface area (Å²) in [7, 11) is 3.19. The fraction of sp³-hybridized carbons (Fsp3) is 0.571. The molecule has 28 heavy (non-hydrogen) atoms. The van der Waals surface area contributed by atoms with E-state index in [4.69, 9.17) is 14.0 Å². The Labute approximate surface area is 167 Å². The highest BCUT2D eigenvalue weighted by molar-refractivity contribution is 5.76. The molecule has 0 fully saturated rings. The van der Waals surface area contributed by atoms with E-state index in [1.807, 2.05) is 17.0 Å². The maximum absolute atomic E-state index is 12.6. The Morgan fingerprint density at radius 3 is 2.32 bits per heavy atom. The average Bonchev–Trinajstić information content (AvgIpc) is 3.15. The van der Waals surface area contributed by atoms with Crippen molar-refractivity contribution in [1.29, 1.82) is 0 Å². The third kappa shape index (κ3) is 5.71. The molecule has 0 aliphatic carbocycles. The lowest BCUT2D eigenvalue weighted by Crippen LogP contribution is -2.40. The number of benzene rings is 1. The molecule has 0 radical (unpaired) electrons. The van der Waals surface area contributed by atoms with Gasteiger partial charge in [0.15, 0.2) is 0 Å². The second-order valence-corrected chi connectivity index (χ2v) is 7.31. The summed E-state index contributed by atoms with van der Waals surface area (Å²) in [5.74, 6) is 2.78. The van der Waals surface area contributed by atoms with Gasteiger partial charge in [-0.3, -0.25) is 4.79 Å². The Hall–Kier alpha value is -2.57. The number of nitrogens with zero attached hydrogens (tertiary/aromatic N) is 3. The highest BCUT2D eigenvalue weighted by atomic mass is 16.5. The number of rotatable bonds is 10. The summed E-state index contributed by atoms with van der Waals surface area (Å²) >= 11 is 0. The van der Waals surface area contributed by atoms with Crippen LogP contribution in [0.2, 0.25) is 0 Å². The van der Waals surface area contributed by atoms with Crippen molar-refractivity contribution >= 4 is 5.91 Å². The van der Waals surface area contributed by atoms with Crippen LogP contribution in [0.25, 0.3) is 11.4 Å². The number of hydrogen-bond acceptors (Lipinski definition) is 6. The fourth-order valence-electron chi connectivity index (χ4n) is 2.90. The summed E-state index contributed by atoms with van der Waals surface area (Å²) in [6, 6.07) is 5.62. The van der Waals surface area contributed by atoms with Crippen LogP contribution in [0.3, 0.4) is 0 Å². The predicted octanol–water partition coefficient (Wildman–Crippen LogP) is 3.97. The standard InChI is InChI=1S/C21H31N3O4/c1-7-15(4)24(20(25)10-14(2)3)9-8-19-22-21(23-28-19)16-11-17(26-5)13-18(12-16)27-6/h11-15H,7-10H2,1-6H3/t15-/m0/s1. The first-order chi connectivity index (χ1) is 13.4. The topological polar surface area (TPSA) is 77.7 Å². The van der Waals surface area contributed by atoms with Crippen LogP contribution in [0, 0.1) is 5.92 Å². The SMILES string of the molecule is CC[C@H](C)N(CCc1nc(-c2cc(OC)cc(OC)c2)no1)C(=O)CC(C)C. The van der Waals surface area contributed by atoms with Crippen molar-refractivity contribution in [2.75, 3.05) is 20.8 Å². The maximum Gasteiger partial charge on any atom is 0.228 e. The Bertz CT molecular complexity index is 751. The minimum absolute atomic E-state index is 0.168. The number of carbonyl (C=O) groups excluding carboxylic acids is 1. The van der Waals surface area contributed by atoms with Gasteiger partial charge in [0.05, 0.1) is 14.2 Å². The zero-order valence-corrected chi connectivity index (χ0v) is 17.7. The molecule has 2 aromatic rings. The summed E-state index contributed by atoms with van der Waals surface area (Å²) in [5, 5.41) is 4.07. The van der Waals surface area contributed by atoms with Gasteiger partial charge in [-0.2, -0.15) is 4.98 Å². The highest BCUT2D eigenvalue weighted by Crippen LogP contribution is 2.28. The molecular formula is C21H31N3O4. The van der Waals surface area contributed by atoms with Crippen molar-refractivity contribution in [2.45, 2.75) is 53.0 Å². The normalized spacial score (nSPS) is 12.1. The van der Waals surface area contributed by atoms with Crippen molar-refractivity contribution in [1.82, 2.24) is 15.0 Å². The molecule has 2 rings (SSSR count). The van der Waals surface area contributed by atoms with Crippen molar-refractivity contribution in [2.24, 2.45) is 5.92 Å². The molecule has 1 aromatic heterocycles. The van der Waals surface area contributed by atoms with Crippen LogP contribution < -0.4 is 9.47 Å². The third-order valence-corrected chi connectivity index (χ3v) is 4.67. The van der Waals surface area contributed by atoms with Gasteiger partial charge in [0.1, 0.15) is 11.5 Å². The molecule has 0 saturated heterocycles. The van der Waals surface area contributed by atoms with Crippen LogP contribution in [0.5, 0.6) is 11.5 Å². The maximum atomic E-state index is 12.6.